The molecule has 2 heterocycles. The highest BCUT2D eigenvalue weighted by Crippen LogP contribution is 2.30. The van der Waals surface area contributed by atoms with Crippen LogP contribution < -0.4 is 15.4 Å². The maximum Gasteiger partial charge on any atom is 0.435 e. The number of amidine groups is 1. The molecule has 13 nitrogen and oxygen atoms in total. The Labute approximate surface area is 259 Å². The largest absolute Gasteiger partial charge is 0.468 e. The first-order valence-corrected chi connectivity index (χ1v) is 15.3. The third-order valence-electron chi connectivity index (χ3n) is 7.02. The normalized spacial score (nSPS) is 11.8. The van der Waals surface area contributed by atoms with E-state index in [2.05, 4.69) is 15.3 Å². The minimum atomic E-state index is -4.24. The molecule has 0 saturated heterocycles. The van der Waals surface area contributed by atoms with E-state index in [0.717, 1.165) is 15.5 Å². The van der Waals surface area contributed by atoms with Crippen LogP contribution in [0, 0.1) is 0 Å². The van der Waals surface area contributed by atoms with E-state index in [4.69, 9.17) is 20.2 Å². The zero-order valence-corrected chi connectivity index (χ0v) is 25.6. The number of carbonyl (C=O) groups excluding carboxylic acids is 2. The SMILES string of the molecule is CCOC(=O)N=C(N)c1ccc(NCc2nc3cc(N(CC(=O)OC)S(=O)(=O)c4cccc5cccnc45)ccc3n2C)cc1. The maximum absolute atomic E-state index is 14.0. The second-order valence-electron chi connectivity index (χ2n) is 9.81. The number of benzene rings is 3. The molecule has 0 unspecified atom stereocenters. The predicted octanol–water partition coefficient (Wildman–Crippen LogP) is 3.96. The van der Waals surface area contributed by atoms with Crippen LogP contribution in [-0.2, 0) is 37.9 Å². The topological polar surface area (TPSA) is 171 Å². The molecule has 0 spiro atoms. The number of hydrogen-bond acceptors (Lipinski definition) is 9. The lowest BCUT2D eigenvalue weighted by molar-refractivity contribution is -0.138. The van der Waals surface area contributed by atoms with Crippen molar-refractivity contribution in [3.05, 3.63) is 90.4 Å². The standard InChI is InChI=1S/C31H31N7O6S/c1-4-44-31(40)36-30(32)21-10-12-22(13-11-21)34-18-27-35-24-17-23(14-15-25(24)37(27)2)38(19-28(39)43-3)45(41,42)26-9-5-7-20-8-6-16-33-29(20)26/h5-17,34H,4,18-19H2,1-3H3,(H2,32,36,40). The number of ether oxygens (including phenoxy) is 2. The van der Waals surface area contributed by atoms with Gasteiger partial charge in [0.1, 0.15) is 23.1 Å². The summed E-state index contributed by atoms with van der Waals surface area (Å²) < 4.78 is 40.6. The van der Waals surface area contributed by atoms with Gasteiger partial charge < -0.3 is 25.1 Å². The van der Waals surface area contributed by atoms with E-state index in [9.17, 15) is 18.0 Å². The zero-order valence-electron chi connectivity index (χ0n) is 24.8. The number of para-hydroxylation sites is 1. The number of rotatable bonds is 10. The number of aryl methyl sites for hydroxylation is 1. The van der Waals surface area contributed by atoms with Crippen molar-refractivity contribution in [3.63, 3.8) is 0 Å². The molecule has 0 fully saturated rings. The van der Waals surface area contributed by atoms with Crippen LogP contribution in [-0.4, -0.2) is 61.1 Å². The van der Waals surface area contributed by atoms with E-state index in [1.807, 2.05) is 11.6 Å². The summed E-state index contributed by atoms with van der Waals surface area (Å²) in [5, 5.41) is 3.94. The molecule has 0 aliphatic heterocycles. The first kappa shape index (κ1) is 30.9. The monoisotopic (exact) mass is 629 g/mol. The number of aromatic nitrogens is 3. The number of sulfonamides is 1. The van der Waals surface area contributed by atoms with Crippen molar-refractivity contribution in [1.29, 1.82) is 0 Å². The second kappa shape index (κ2) is 13.0. The lowest BCUT2D eigenvalue weighted by Gasteiger charge is -2.24. The summed E-state index contributed by atoms with van der Waals surface area (Å²) in [5.74, 6) is -0.000847. The molecule has 2 aromatic heterocycles. The minimum Gasteiger partial charge on any atom is -0.468 e. The Morgan fingerprint density at radius 1 is 1.07 bits per heavy atom. The van der Waals surface area contributed by atoms with Crippen LogP contribution in [0.3, 0.4) is 0 Å². The Morgan fingerprint density at radius 3 is 2.56 bits per heavy atom. The van der Waals surface area contributed by atoms with Crippen molar-refractivity contribution >= 4 is 61.2 Å². The van der Waals surface area contributed by atoms with Gasteiger partial charge in [0.15, 0.2) is 0 Å². The lowest BCUT2D eigenvalue weighted by atomic mass is 10.2. The first-order valence-electron chi connectivity index (χ1n) is 13.9. The number of aliphatic imine (C=N–C) groups is 1. The van der Waals surface area contributed by atoms with Gasteiger partial charge in [-0.1, -0.05) is 18.2 Å². The number of methoxy groups -OCH3 is 1. The highest BCUT2D eigenvalue weighted by Gasteiger charge is 2.30. The molecule has 3 aromatic carbocycles. The fraction of sp³-hybridized carbons (Fsp3) is 0.194. The van der Waals surface area contributed by atoms with Crippen LogP contribution in [0.1, 0.15) is 18.3 Å². The Balaban J connectivity index is 1.41. The fourth-order valence-corrected chi connectivity index (χ4v) is 6.28. The highest BCUT2D eigenvalue weighted by atomic mass is 32.2. The smallest absolute Gasteiger partial charge is 0.435 e. The number of carbonyl (C=O) groups is 2. The minimum absolute atomic E-state index is 0.0320. The number of nitrogens with zero attached hydrogens (tertiary/aromatic N) is 5. The van der Waals surface area contributed by atoms with E-state index in [0.29, 0.717) is 34.4 Å². The molecule has 0 radical (unpaired) electrons. The van der Waals surface area contributed by atoms with Crippen LogP contribution in [0.15, 0.2) is 88.9 Å². The summed E-state index contributed by atoms with van der Waals surface area (Å²) in [6, 6.07) is 20.4. The molecular weight excluding hydrogens is 598 g/mol. The number of imidazole rings is 1. The Kier molecular flexibility index (Phi) is 8.95. The van der Waals surface area contributed by atoms with Crippen molar-refractivity contribution in [1.82, 2.24) is 14.5 Å². The van der Waals surface area contributed by atoms with Gasteiger partial charge in [0.05, 0.1) is 42.5 Å². The second-order valence-corrected chi connectivity index (χ2v) is 11.6. The van der Waals surface area contributed by atoms with Crippen LogP contribution in [0.4, 0.5) is 16.2 Å². The molecule has 0 aliphatic rings. The summed E-state index contributed by atoms with van der Waals surface area (Å²) >= 11 is 0. The van der Waals surface area contributed by atoms with Gasteiger partial charge in [-0.3, -0.25) is 14.1 Å². The van der Waals surface area contributed by atoms with Crippen LogP contribution in [0.2, 0.25) is 0 Å². The van der Waals surface area contributed by atoms with E-state index >= 15 is 0 Å². The Hall–Kier alpha value is -5.50. The number of esters is 1. The maximum atomic E-state index is 14.0. The van der Waals surface area contributed by atoms with Crippen LogP contribution in [0.5, 0.6) is 0 Å². The van der Waals surface area contributed by atoms with Gasteiger partial charge in [-0.25, -0.2) is 18.2 Å². The molecule has 232 valence electrons. The number of hydrogen-bond donors (Lipinski definition) is 2. The summed E-state index contributed by atoms with van der Waals surface area (Å²) in [6.45, 7) is 1.69. The molecule has 5 rings (SSSR count). The van der Waals surface area contributed by atoms with Crippen LogP contribution >= 0.6 is 0 Å². The van der Waals surface area contributed by atoms with Crippen molar-refractivity contribution in [2.45, 2.75) is 18.4 Å². The van der Waals surface area contributed by atoms with Gasteiger partial charge in [-0.2, -0.15) is 4.99 Å². The number of nitrogens with one attached hydrogen (secondary N) is 1. The summed E-state index contributed by atoms with van der Waals surface area (Å²) in [7, 11) is -1.19. The number of amides is 1. The van der Waals surface area contributed by atoms with Gasteiger partial charge >= 0.3 is 12.1 Å². The molecule has 0 atom stereocenters. The molecule has 0 saturated carbocycles. The predicted molar refractivity (Wildman–Crippen MR) is 171 cm³/mol. The number of fused-ring (bicyclic) bond motifs is 2. The molecule has 14 heteroatoms. The molecule has 3 N–H and O–H groups in total. The molecule has 0 bridgehead atoms. The van der Waals surface area contributed by atoms with Crippen molar-refractivity contribution < 1.29 is 27.5 Å². The lowest BCUT2D eigenvalue weighted by Crippen LogP contribution is -2.36. The van der Waals surface area contributed by atoms with Crippen molar-refractivity contribution in [3.8, 4) is 0 Å². The fourth-order valence-electron chi connectivity index (χ4n) is 4.71. The Bertz CT molecular complexity index is 2020. The average molecular weight is 630 g/mol. The van der Waals surface area contributed by atoms with Gasteiger partial charge in [0, 0.05) is 29.9 Å². The van der Waals surface area contributed by atoms with Gasteiger partial charge in [0.25, 0.3) is 10.0 Å². The third kappa shape index (κ3) is 6.55. The van der Waals surface area contributed by atoms with Crippen LogP contribution in [0.25, 0.3) is 21.9 Å². The van der Waals surface area contributed by atoms with Crippen molar-refractivity contribution in [2.24, 2.45) is 17.8 Å². The van der Waals surface area contributed by atoms with E-state index in [1.54, 1.807) is 73.7 Å². The number of anilines is 2. The van der Waals surface area contributed by atoms with Gasteiger partial charge in [0.2, 0.25) is 0 Å². The molecule has 45 heavy (non-hydrogen) atoms. The average Bonchev–Trinajstić information content (AvgIpc) is 3.36. The highest BCUT2D eigenvalue weighted by molar-refractivity contribution is 7.93. The van der Waals surface area contributed by atoms with Crippen molar-refractivity contribution in [2.75, 3.05) is 29.9 Å². The van der Waals surface area contributed by atoms with E-state index in [1.165, 1.54) is 19.4 Å². The molecular formula is C31H31N7O6S. The summed E-state index contributed by atoms with van der Waals surface area (Å²) in [6.07, 6.45) is 0.769. The summed E-state index contributed by atoms with van der Waals surface area (Å²) in [4.78, 5) is 36.7. The first-order chi connectivity index (χ1) is 21.6. The quantitative estimate of drug-likeness (QED) is 0.131. The molecule has 1 amide bonds. The molecule has 5 aromatic rings. The zero-order chi connectivity index (χ0) is 32.1. The summed E-state index contributed by atoms with van der Waals surface area (Å²) in [5.41, 5.74) is 9.07. The van der Waals surface area contributed by atoms with Gasteiger partial charge in [-0.15, -0.1) is 0 Å². The Morgan fingerprint density at radius 2 is 1.82 bits per heavy atom. The van der Waals surface area contributed by atoms with Gasteiger partial charge in [-0.05, 0) is 61.5 Å². The third-order valence-corrected chi connectivity index (χ3v) is 8.83. The molecule has 0 aliphatic carbocycles. The number of nitrogens with two attached hydrogens (primary N) is 1. The number of pyridine rings is 1. The van der Waals surface area contributed by atoms with E-state index < -0.39 is 28.6 Å². The van der Waals surface area contributed by atoms with E-state index in [-0.39, 0.29) is 23.0 Å².